The van der Waals surface area contributed by atoms with Gasteiger partial charge < -0.3 is 15.0 Å². The second kappa shape index (κ2) is 9.52. The predicted molar refractivity (Wildman–Crippen MR) is 113 cm³/mol. The summed E-state index contributed by atoms with van der Waals surface area (Å²) < 4.78 is 15.2. The molecule has 0 atom stereocenters. The molecule has 5 heteroatoms. The number of hydrogen-bond donors (Lipinski definition) is 2. The number of aryl methyl sites for hydroxylation is 1. The first-order chi connectivity index (χ1) is 14.0. The van der Waals surface area contributed by atoms with Crippen LogP contribution in [0, 0.1) is 19.7 Å². The molecular formula is C24H27FN2O2. The minimum Gasteiger partial charge on any atom is -0.478 e. The van der Waals surface area contributed by atoms with Crippen molar-refractivity contribution in [2.45, 2.75) is 39.8 Å². The van der Waals surface area contributed by atoms with E-state index in [1.807, 2.05) is 36.6 Å². The molecule has 2 aromatic carbocycles. The van der Waals surface area contributed by atoms with Crippen molar-refractivity contribution in [2.24, 2.45) is 0 Å². The average molecular weight is 394 g/mol. The SMILES string of the molecule is Cc1c(CNCCCc2ccccc2)c(C(=O)O)c(C)n1Cc1ccc(F)cc1. The van der Waals surface area contributed by atoms with E-state index in [4.69, 9.17) is 0 Å². The molecule has 1 heterocycles. The summed E-state index contributed by atoms with van der Waals surface area (Å²) >= 11 is 0. The molecule has 2 N–H and O–H groups in total. The molecule has 4 nitrogen and oxygen atoms in total. The van der Waals surface area contributed by atoms with Gasteiger partial charge in [0, 0.05) is 30.0 Å². The fourth-order valence-corrected chi connectivity index (χ4v) is 3.73. The van der Waals surface area contributed by atoms with Gasteiger partial charge in [-0.2, -0.15) is 0 Å². The van der Waals surface area contributed by atoms with Crippen molar-refractivity contribution in [3.63, 3.8) is 0 Å². The van der Waals surface area contributed by atoms with Gasteiger partial charge in [0.1, 0.15) is 5.82 Å². The van der Waals surface area contributed by atoms with Crippen LogP contribution in [0.1, 0.15) is 44.9 Å². The highest BCUT2D eigenvalue weighted by molar-refractivity contribution is 5.91. The van der Waals surface area contributed by atoms with Crippen molar-refractivity contribution in [3.05, 3.63) is 94.1 Å². The van der Waals surface area contributed by atoms with Crippen molar-refractivity contribution >= 4 is 5.97 Å². The second-order valence-corrected chi connectivity index (χ2v) is 7.31. The highest BCUT2D eigenvalue weighted by Gasteiger charge is 2.22. The molecule has 152 valence electrons. The summed E-state index contributed by atoms with van der Waals surface area (Å²) in [6.45, 7) is 5.63. The summed E-state index contributed by atoms with van der Waals surface area (Å²) in [5.41, 5.74) is 5.07. The second-order valence-electron chi connectivity index (χ2n) is 7.31. The summed E-state index contributed by atoms with van der Waals surface area (Å²) in [7, 11) is 0. The Morgan fingerprint density at radius 3 is 2.34 bits per heavy atom. The Hall–Kier alpha value is -2.92. The van der Waals surface area contributed by atoms with Crippen molar-refractivity contribution in [1.82, 2.24) is 9.88 Å². The van der Waals surface area contributed by atoms with Gasteiger partial charge in [-0.15, -0.1) is 0 Å². The van der Waals surface area contributed by atoms with E-state index >= 15 is 0 Å². The smallest absolute Gasteiger partial charge is 0.337 e. The Bertz CT molecular complexity index is 963. The van der Waals surface area contributed by atoms with Gasteiger partial charge in [-0.3, -0.25) is 0 Å². The first-order valence-corrected chi connectivity index (χ1v) is 9.88. The molecule has 0 unspecified atom stereocenters. The number of rotatable bonds is 9. The van der Waals surface area contributed by atoms with E-state index in [0.29, 0.717) is 18.7 Å². The maximum Gasteiger partial charge on any atom is 0.337 e. The fraction of sp³-hybridized carbons (Fsp3) is 0.292. The molecule has 29 heavy (non-hydrogen) atoms. The summed E-state index contributed by atoms with van der Waals surface area (Å²) in [5.74, 6) is -1.19. The Labute approximate surface area is 171 Å². The van der Waals surface area contributed by atoms with Crippen LogP contribution in [-0.2, 0) is 19.5 Å². The average Bonchev–Trinajstić information content (AvgIpc) is 2.94. The number of nitrogens with one attached hydrogen (secondary N) is 1. The van der Waals surface area contributed by atoms with Gasteiger partial charge in [-0.1, -0.05) is 42.5 Å². The highest BCUT2D eigenvalue weighted by atomic mass is 19.1. The molecule has 0 fully saturated rings. The third kappa shape index (κ3) is 5.12. The quantitative estimate of drug-likeness (QED) is 0.517. The minimum atomic E-state index is -0.912. The lowest BCUT2D eigenvalue weighted by Crippen LogP contribution is -2.17. The van der Waals surface area contributed by atoms with Gasteiger partial charge in [0.15, 0.2) is 0 Å². The van der Waals surface area contributed by atoms with E-state index in [1.165, 1.54) is 17.7 Å². The van der Waals surface area contributed by atoms with Gasteiger partial charge >= 0.3 is 5.97 Å². The molecule has 0 aliphatic carbocycles. The van der Waals surface area contributed by atoms with E-state index in [1.54, 1.807) is 12.1 Å². The van der Waals surface area contributed by atoms with Crippen molar-refractivity contribution in [1.29, 1.82) is 0 Å². The van der Waals surface area contributed by atoms with Crippen molar-refractivity contribution < 1.29 is 14.3 Å². The largest absolute Gasteiger partial charge is 0.478 e. The van der Waals surface area contributed by atoms with E-state index in [-0.39, 0.29) is 5.82 Å². The van der Waals surface area contributed by atoms with E-state index in [9.17, 15) is 14.3 Å². The Morgan fingerprint density at radius 1 is 1.00 bits per heavy atom. The number of hydrogen-bond acceptors (Lipinski definition) is 2. The van der Waals surface area contributed by atoms with Crippen LogP contribution in [0.4, 0.5) is 4.39 Å². The molecule has 3 rings (SSSR count). The molecule has 0 aliphatic heterocycles. The molecule has 0 spiro atoms. The lowest BCUT2D eigenvalue weighted by molar-refractivity contribution is 0.0694. The zero-order valence-corrected chi connectivity index (χ0v) is 16.9. The topological polar surface area (TPSA) is 54.3 Å². The molecular weight excluding hydrogens is 367 g/mol. The van der Waals surface area contributed by atoms with Crippen molar-refractivity contribution in [3.8, 4) is 0 Å². The van der Waals surface area contributed by atoms with Crippen LogP contribution in [0.25, 0.3) is 0 Å². The normalized spacial score (nSPS) is 11.0. The number of aromatic carboxylic acids is 1. The number of carboxylic acids is 1. The lowest BCUT2D eigenvalue weighted by Gasteiger charge is -2.10. The molecule has 1 aromatic heterocycles. The van der Waals surface area contributed by atoms with Crippen LogP contribution in [0.3, 0.4) is 0 Å². The third-order valence-electron chi connectivity index (χ3n) is 5.34. The zero-order chi connectivity index (χ0) is 20.8. The number of benzene rings is 2. The maximum absolute atomic E-state index is 13.2. The van der Waals surface area contributed by atoms with Crippen molar-refractivity contribution in [2.75, 3.05) is 6.54 Å². The van der Waals surface area contributed by atoms with Crippen LogP contribution in [0.2, 0.25) is 0 Å². The summed E-state index contributed by atoms with van der Waals surface area (Å²) in [4.78, 5) is 11.9. The van der Waals surface area contributed by atoms with Gasteiger partial charge in [0.25, 0.3) is 0 Å². The summed E-state index contributed by atoms with van der Waals surface area (Å²) in [6, 6.07) is 16.6. The fourth-order valence-electron chi connectivity index (χ4n) is 3.73. The molecule has 0 saturated carbocycles. The molecule has 0 radical (unpaired) electrons. The van der Waals surface area contributed by atoms with Gasteiger partial charge in [0.2, 0.25) is 0 Å². The third-order valence-corrected chi connectivity index (χ3v) is 5.34. The molecule has 0 saturated heterocycles. The Kier molecular flexibility index (Phi) is 6.83. The maximum atomic E-state index is 13.2. The standard InChI is InChI=1S/C24H27FN2O2/c1-17-22(15-26-14-6-9-19-7-4-3-5-8-19)23(24(28)29)18(2)27(17)16-20-10-12-21(25)13-11-20/h3-5,7-8,10-13,26H,6,9,14-16H2,1-2H3,(H,28,29). The van der Waals surface area contributed by atoms with Gasteiger partial charge in [0.05, 0.1) is 5.56 Å². The number of halogens is 1. The van der Waals surface area contributed by atoms with Gasteiger partial charge in [-0.05, 0) is 56.5 Å². The number of carboxylic acid groups (broad SMARTS) is 1. The predicted octanol–water partition coefficient (Wildman–Crippen LogP) is 4.71. The van der Waals surface area contributed by atoms with E-state index in [0.717, 1.165) is 41.9 Å². The summed E-state index contributed by atoms with van der Waals surface area (Å²) in [5, 5.41) is 13.1. The van der Waals surface area contributed by atoms with Crippen LogP contribution in [0.5, 0.6) is 0 Å². The summed E-state index contributed by atoms with van der Waals surface area (Å²) in [6.07, 6.45) is 1.98. The number of carbonyl (C=O) groups is 1. The Morgan fingerprint density at radius 2 is 1.69 bits per heavy atom. The van der Waals surface area contributed by atoms with Crippen LogP contribution < -0.4 is 5.32 Å². The van der Waals surface area contributed by atoms with E-state index < -0.39 is 5.97 Å². The first kappa shape index (κ1) is 20.8. The number of nitrogens with zero attached hydrogens (tertiary/aromatic N) is 1. The number of aromatic nitrogens is 1. The monoisotopic (exact) mass is 394 g/mol. The van der Waals surface area contributed by atoms with Crippen LogP contribution in [-0.4, -0.2) is 22.2 Å². The molecule has 0 bridgehead atoms. The van der Waals surface area contributed by atoms with E-state index in [2.05, 4.69) is 17.4 Å². The molecule has 3 aromatic rings. The Balaban J connectivity index is 1.68. The van der Waals surface area contributed by atoms with Crippen LogP contribution >= 0.6 is 0 Å². The molecule has 0 aliphatic rings. The van der Waals surface area contributed by atoms with Gasteiger partial charge in [-0.25, -0.2) is 9.18 Å². The lowest BCUT2D eigenvalue weighted by atomic mass is 10.1. The highest BCUT2D eigenvalue weighted by Crippen LogP contribution is 2.24. The zero-order valence-electron chi connectivity index (χ0n) is 16.9. The molecule has 0 amide bonds. The van der Waals surface area contributed by atoms with Crippen LogP contribution in [0.15, 0.2) is 54.6 Å². The minimum absolute atomic E-state index is 0.277. The first-order valence-electron chi connectivity index (χ1n) is 9.88.